The van der Waals surface area contributed by atoms with E-state index in [0.29, 0.717) is 6.42 Å². The van der Waals surface area contributed by atoms with E-state index in [1.165, 1.54) is 21.7 Å². The Hall–Kier alpha value is -1.94. The Labute approximate surface area is 134 Å². The fourth-order valence-electron chi connectivity index (χ4n) is 4.36. The van der Waals surface area contributed by atoms with Crippen molar-refractivity contribution in [3.8, 4) is 0 Å². The molecule has 116 valence electrons. The van der Waals surface area contributed by atoms with Gasteiger partial charge in [-0.25, -0.2) is 0 Å². The lowest BCUT2D eigenvalue weighted by atomic mass is 9.79. The second-order valence-corrected chi connectivity index (χ2v) is 6.82. The van der Waals surface area contributed by atoms with Gasteiger partial charge < -0.3 is 14.9 Å². The molecule has 0 radical (unpaired) electrons. The highest BCUT2D eigenvalue weighted by Crippen LogP contribution is 2.53. The first kappa shape index (κ1) is 13.5. The van der Waals surface area contributed by atoms with Crippen LogP contribution >= 0.6 is 0 Å². The predicted molar refractivity (Wildman–Crippen MR) is 89.4 cm³/mol. The first-order chi connectivity index (χ1) is 11.0. The summed E-state index contributed by atoms with van der Waals surface area (Å²) < 4.78 is 5.39. The molecule has 0 saturated carbocycles. The van der Waals surface area contributed by atoms with Gasteiger partial charge in [0.25, 0.3) is 0 Å². The summed E-state index contributed by atoms with van der Waals surface area (Å²) in [5.74, 6) is -1.38. The molecule has 1 aliphatic carbocycles. The van der Waals surface area contributed by atoms with Crippen molar-refractivity contribution in [1.82, 2.24) is 0 Å². The van der Waals surface area contributed by atoms with Gasteiger partial charge in [0.15, 0.2) is 0 Å². The van der Waals surface area contributed by atoms with E-state index < -0.39 is 11.9 Å². The standard InChI is InChI=1S/C20H18O3/c1-10-13-8-7-12-5-3-4-6-14(12)17(13)11(2)15-9-16-20(22,23-16)19(21)18(10)15/h3-8,16,19,21-22H,9H2,1-2H3. The number of benzene rings is 3. The highest BCUT2D eigenvalue weighted by Gasteiger charge is 2.64. The normalized spacial score (nSPS) is 28.7. The van der Waals surface area contributed by atoms with Gasteiger partial charge in [-0.05, 0) is 57.6 Å². The molecular formula is C20H18O3. The number of fused-ring (bicyclic) bond motifs is 5. The SMILES string of the molecule is Cc1c2c(c(C)c3c1ccc1ccccc13)CC1OC1(O)C2O. The molecule has 3 heteroatoms. The van der Waals surface area contributed by atoms with Crippen LogP contribution in [0.3, 0.4) is 0 Å². The second kappa shape index (κ2) is 4.12. The highest BCUT2D eigenvalue weighted by atomic mass is 16.7. The van der Waals surface area contributed by atoms with Crippen LogP contribution in [0.2, 0.25) is 0 Å². The van der Waals surface area contributed by atoms with Gasteiger partial charge >= 0.3 is 0 Å². The van der Waals surface area contributed by atoms with Crippen LogP contribution in [-0.2, 0) is 11.2 Å². The summed E-state index contributed by atoms with van der Waals surface area (Å²) in [4.78, 5) is 0. The number of aliphatic hydroxyl groups is 2. The summed E-state index contributed by atoms with van der Waals surface area (Å²) in [6.45, 7) is 4.15. The number of aliphatic hydroxyl groups excluding tert-OH is 1. The molecule has 0 spiro atoms. The molecule has 1 saturated heterocycles. The molecule has 5 rings (SSSR count). The number of hydrogen-bond acceptors (Lipinski definition) is 3. The molecule has 3 aromatic rings. The molecule has 1 fully saturated rings. The van der Waals surface area contributed by atoms with Crippen LogP contribution in [0.4, 0.5) is 0 Å². The maximum Gasteiger partial charge on any atom is 0.224 e. The van der Waals surface area contributed by atoms with Gasteiger partial charge in [-0.3, -0.25) is 0 Å². The van der Waals surface area contributed by atoms with E-state index in [4.69, 9.17) is 4.74 Å². The predicted octanol–water partition coefficient (Wildman–Crippen LogP) is 3.29. The zero-order valence-corrected chi connectivity index (χ0v) is 13.1. The number of rotatable bonds is 0. The number of hydrogen-bond donors (Lipinski definition) is 2. The molecule has 3 unspecified atom stereocenters. The molecule has 1 heterocycles. The van der Waals surface area contributed by atoms with E-state index >= 15 is 0 Å². The average molecular weight is 306 g/mol. The first-order valence-corrected chi connectivity index (χ1v) is 8.04. The third kappa shape index (κ3) is 1.55. The molecule has 2 N–H and O–H groups in total. The molecule has 0 amide bonds. The minimum absolute atomic E-state index is 0.282. The van der Waals surface area contributed by atoms with Gasteiger partial charge in [0, 0.05) is 6.42 Å². The van der Waals surface area contributed by atoms with Crippen LogP contribution < -0.4 is 0 Å². The van der Waals surface area contributed by atoms with Crippen molar-refractivity contribution in [3.63, 3.8) is 0 Å². The minimum Gasteiger partial charge on any atom is -0.383 e. The van der Waals surface area contributed by atoms with E-state index in [9.17, 15) is 10.2 Å². The van der Waals surface area contributed by atoms with Crippen LogP contribution in [0.15, 0.2) is 36.4 Å². The Balaban J connectivity index is 1.95. The zero-order valence-electron chi connectivity index (χ0n) is 13.1. The summed E-state index contributed by atoms with van der Waals surface area (Å²) in [5, 5.41) is 25.8. The Morgan fingerprint density at radius 2 is 1.83 bits per heavy atom. The van der Waals surface area contributed by atoms with Crippen molar-refractivity contribution in [2.75, 3.05) is 0 Å². The van der Waals surface area contributed by atoms with E-state index in [-0.39, 0.29) is 6.10 Å². The van der Waals surface area contributed by atoms with Gasteiger partial charge in [-0.15, -0.1) is 0 Å². The quantitative estimate of drug-likeness (QED) is 0.495. The van der Waals surface area contributed by atoms with Crippen molar-refractivity contribution in [1.29, 1.82) is 0 Å². The summed E-state index contributed by atoms with van der Waals surface area (Å²) in [6, 6.07) is 12.6. The lowest BCUT2D eigenvalue weighted by molar-refractivity contribution is -0.0749. The van der Waals surface area contributed by atoms with Gasteiger partial charge in [-0.1, -0.05) is 36.4 Å². The van der Waals surface area contributed by atoms with E-state index in [1.54, 1.807) is 0 Å². The molecule has 2 aliphatic rings. The molecule has 23 heavy (non-hydrogen) atoms. The van der Waals surface area contributed by atoms with Gasteiger partial charge in [0.1, 0.15) is 12.2 Å². The van der Waals surface area contributed by atoms with Crippen molar-refractivity contribution in [2.24, 2.45) is 0 Å². The molecule has 0 aromatic heterocycles. The minimum atomic E-state index is -1.38. The lowest BCUT2D eigenvalue weighted by Gasteiger charge is -2.28. The van der Waals surface area contributed by atoms with E-state index in [0.717, 1.165) is 22.1 Å². The molecule has 3 aromatic carbocycles. The monoisotopic (exact) mass is 306 g/mol. The fourth-order valence-corrected chi connectivity index (χ4v) is 4.36. The molecular weight excluding hydrogens is 288 g/mol. The number of epoxide rings is 1. The molecule has 3 nitrogen and oxygen atoms in total. The van der Waals surface area contributed by atoms with Crippen molar-refractivity contribution >= 4 is 21.5 Å². The molecule has 3 atom stereocenters. The first-order valence-electron chi connectivity index (χ1n) is 8.04. The molecule has 1 aliphatic heterocycles. The lowest BCUT2D eigenvalue weighted by Crippen LogP contribution is -2.31. The number of ether oxygens (including phenoxy) is 1. The summed E-state index contributed by atoms with van der Waals surface area (Å²) in [5.41, 5.74) is 4.21. The third-order valence-corrected chi connectivity index (χ3v) is 5.68. The third-order valence-electron chi connectivity index (χ3n) is 5.68. The summed E-state index contributed by atoms with van der Waals surface area (Å²) in [6.07, 6.45) is -0.587. The van der Waals surface area contributed by atoms with Crippen molar-refractivity contribution < 1.29 is 14.9 Å². The Morgan fingerprint density at radius 1 is 1.04 bits per heavy atom. The van der Waals surface area contributed by atoms with Crippen LogP contribution in [0.1, 0.15) is 28.4 Å². The maximum absolute atomic E-state index is 10.6. The van der Waals surface area contributed by atoms with Gasteiger partial charge in [0.2, 0.25) is 5.79 Å². The summed E-state index contributed by atoms with van der Waals surface area (Å²) in [7, 11) is 0. The smallest absolute Gasteiger partial charge is 0.224 e. The van der Waals surface area contributed by atoms with E-state index in [1.807, 2.05) is 6.92 Å². The van der Waals surface area contributed by atoms with Crippen LogP contribution in [-0.4, -0.2) is 22.1 Å². The Kier molecular flexibility index (Phi) is 2.42. The van der Waals surface area contributed by atoms with Crippen LogP contribution in [0.5, 0.6) is 0 Å². The molecule has 0 bridgehead atoms. The largest absolute Gasteiger partial charge is 0.383 e. The zero-order chi connectivity index (χ0) is 15.9. The topological polar surface area (TPSA) is 53.0 Å². The van der Waals surface area contributed by atoms with Crippen molar-refractivity contribution in [3.05, 3.63) is 58.7 Å². The summed E-state index contributed by atoms with van der Waals surface area (Å²) >= 11 is 0. The van der Waals surface area contributed by atoms with Crippen LogP contribution in [0.25, 0.3) is 21.5 Å². The van der Waals surface area contributed by atoms with Crippen LogP contribution in [0, 0.1) is 13.8 Å². The van der Waals surface area contributed by atoms with E-state index in [2.05, 4.69) is 43.3 Å². The second-order valence-electron chi connectivity index (χ2n) is 6.82. The van der Waals surface area contributed by atoms with Gasteiger partial charge in [0.05, 0.1) is 0 Å². The fraction of sp³-hybridized carbons (Fsp3) is 0.300. The number of aryl methyl sites for hydroxylation is 2. The Bertz CT molecular complexity index is 991. The Morgan fingerprint density at radius 3 is 2.65 bits per heavy atom. The average Bonchev–Trinajstić information content (AvgIpc) is 3.23. The highest BCUT2D eigenvalue weighted by molar-refractivity contribution is 6.11. The maximum atomic E-state index is 10.6. The van der Waals surface area contributed by atoms with Gasteiger partial charge in [-0.2, -0.15) is 0 Å². The van der Waals surface area contributed by atoms with Crippen molar-refractivity contribution in [2.45, 2.75) is 38.3 Å².